The van der Waals surface area contributed by atoms with Crippen molar-refractivity contribution in [3.63, 3.8) is 0 Å². The summed E-state index contributed by atoms with van der Waals surface area (Å²) in [5.74, 6) is 0. The average molecular weight is 151 g/mol. The van der Waals surface area contributed by atoms with Crippen molar-refractivity contribution in [2.75, 3.05) is 7.05 Å². The number of hydrogen-bond acceptors (Lipinski definition) is 3. The molecular formula is C5H11ClN2O. The van der Waals surface area contributed by atoms with Crippen molar-refractivity contribution in [1.29, 1.82) is 0 Å². The molecule has 0 fully saturated rings. The first-order valence-corrected chi connectivity index (χ1v) is 3.04. The maximum absolute atomic E-state index is 8.57. The number of rotatable bonds is 3. The second kappa shape index (κ2) is 4.47. The molecule has 0 spiro atoms. The Morgan fingerprint density at radius 3 is 2.89 bits per heavy atom. The monoisotopic (exact) mass is 150 g/mol. The van der Waals surface area contributed by atoms with E-state index in [0.29, 0.717) is 12.1 Å². The molecule has 3 nitrogen and oxygen atoms in total. The van der Waals surface area contributed by atoms with Crippen molar-refractivity contribution < 1.29 is 5.11 Å². The van der Waals surface area contributed by atoms with Crippen molar-refractivity contribution in [3.05, 3.63) is 11.9 Å². The number of aliphatic hydroxyl groups is 1. The second-order valence-corrected chi connectivity index (χ2v) is 2.15. The van der Waals surface area contributed by atoms with Crippen LogP contribution in [0.5, 0.6) is 0 Å². The molecule has 0 aromatic heterocycles. The summed E-state index contributed by atoms with van der Waals surface area (Å²) in [6.45, 7) is 0. The molecule has 0 radical (unpaired) electrons. The first kappa shape index (κ1) is 8.59. The van der Waals surface area contributed by atoms with Gasteiger partial charge >= 0.3 is 0 Å². The Hall–Kier alpha value is -0.410. The molecule has 0 amide bonds. The van der Waals surface area contributed by atoms with Crippen LogP contribution in [0, 0.1) is 0 Å². The molecule has 54 valence electrons. The Morgan fingerprint density at radius 1 is 2.00 bits per heavy atom. The Balaban J connectivity index is 3.49. The fourth-order valence-corrected chi connectivity index (χ4v) is 0.617. The number of aliphatic hydroxyl groups excluding tert-OH is 1. The van der Waals surface area contributed by atoms with Crippen LogP contribution in [0.2, 0.25) is 0 Å². The van der Waals surface area contributed by atoms with Gasteiger partial charge in [-0.15, -0.1) is 0 Å². The largest absolute Gasteiger partial charge is 0.401 e. The van der Waals surface area contributed by atoms with Gasteiger partial charge in [0.05, 0.1) is 0 Å². The van der Waals surface area contributed by atoms with Gasteiger partial charge in [0.15, 0.2) is 0 Å². The highest BCUT2D eigenvalue weighted by atomic mass is 35.5. The van der Waals surface area contributed by atoms with Crippen molar-refractivity contribution >= 4 is 11.6 Å². The summed E-state index contributed by atoms with van der Waals surface area (Å²) in [5, 5.41) is 11.3. The zero-order valence-corrected chi connectivity index (χ0v) is 6.02. The van der Waals surface area contributed by atoms with Crippen LogP contribution in [-0.2, 0) is 0 Å². The topological polar surface area (TPSA) is 58.3 Å². The molecule has 0 saturated carbocycles. The molecule has 4 N–H and O–H groups in total. The third kappa shape index (κ3) is 5.46. The lowest BCUT2D eigenvalue weighted by atomic mass is 10.3. The van der Waals surface area contributed by atoms with E-state index < -0.39 is 5.56 Å². The molecule has 0 aliphatic heterocycles. The number of halogens is 1. The molecule has 9 heavy (non-hydrogen) atoms. The molecular weight excluding hydrogens is 140 g/mol. The summed E-state index contributed by atoms with van der Waals surface area (Å²) in [7, 11) is 1.73. The first-order chi connectivity index (χ1) is 4.16. The minimum atomic E-state index is -0.880. The molecule has 0 rings (SSSR count). The summed E-state index contributed by atoms with van der Waals surface area (Å²) >= 11 is 5.22. The van der Waals surface area contributed by atoms with Gasteiger partial charge in [-0.2, -0.15) is 0 Å². The standard InChI is InChI=1S/C5H11ClN2O/c1-8-3-4(7)2-5(6)9/h3,5,8-9H,2,7H2,1H3/b4-3+. The second-order valence-electron chi connectivity index (χ2n) is 1.65. The van der Waals surface area contributed by atoms with Crippen molar-refractivity contribution in [3.8, 4) is 0 Å². The van der Waals surface area contributed by atoms with Crippen molar-refractivity contribution in [2.45, 2.75) is 12.0 Å². The van der Waals surface area contributed by atoms with Gasteiger partial charge in [0.1, 0.15) is 5.56 Å². The normalized spacial score (nSPS) is 15.2. The zero-order chi connectivity index (χ0) is 7.28. The minimum Gasteiger partial charge on any atom is -0.401 e. The smallest absolute Gasteiger partial charge is 0.133 e. The number of hydrogen-bond donors (Lipinski definition) is 3. The molecule has 4 heteroatoms. The fourth-order valence-electron chi connectivity index (χ4n) is 0.439. The lowest BCUT2D eigenvalue weighted by molar-refractivity contribution is 0.256. The summed E-state index contributed by atoms with van der Waals surface area (Å²) in [6, 6.07) is 0. The van der Waals surface area contributed by atoms with E-state index in [9.17, 15) is 0 Å². The Bertz CT molecular complexity index is 103. The van der Waals surface area contributed by atoms with E-state index in [1.807, 2.05) is 0 Å². The van der Waals surface area contributed by atoms with E-state index >= 15 is 0 Å². The fraction of sp³-hybridized carbons (Fsp3) is 0.600. The van der Waals surface area contributed by atoms with Crippen LogP contribution in [-0.4, -0.2) is 17.7 Å². The maximum atomic E-state index is 8.57. The van der Waals surface area contributed by atoms with Crippen LogP contribution in [0.3, 0.4) is 0 Å². The van der Waals surface area contributed by atoms with Crippen LogP contribution < -0.4 is 11.1 Å². The molecule has 0 saturated heterocycles. The Labute approximate surface area is 59.5 Å². The van der Waals surface area contributed by atoms with E-state index in [2.05, 4.69) is 5.32 Å². The molecule has 0 aliphatic carbocycles. The first-order valence-electron chi connectivity index (χ1n) is 2.60. The highest BCUT2D eigenvalue weighted by Crippen LogP contribution is 2.00. The predicted octanol–water partition coefficient (Wildman–Crippen LogP) is -0.0468. The quantitative estimate of drug-likeness (QED) is 0.495. The lowest BCUT2D eigenvalue weighted by Gasteiger charge is -2.00. The Morgan fingerprint density at radius 2 is 2.56 bits per heavy atom. The van der Waals surface area contributed by atoms with E-state index in [4.69, 9.17) is 22.4 Å². The predicted molar refractivity (Wildman–Crippen MR) is 37.8 cm³/mol. The molecule has 0 aromatic rings. The summed E-state index contributed by atoms with van der Waals surface area (Å²) < 4.78 is 0. The van der Waals surface area contributed by atoms with Gasteiger partial charge in [-0.1, -0.05) is 11.6 Å². The van der Waals surface area contributed by atoms with Gasteiger partial charge in [-0.25, -0.2) is 0 Å². The molecule has 0 heterocycles. The molecule has 1 unspecified atom stereocenters. The molecule has 1 atom stereocenters. The van der Waals surface area contributed by atoms with Crippen molar-refractivity contribution in [1.82, 2.24) is 5.32 Å². The minimum absolute atomic E-state index is 0.294. The highest BCUT2D eigenvalue weighted by Gasteiger charge is 1.97. The highest BCUT2D eigenvalue weighted by molar-refractivity contribution is 6.19. The maximum Gasteiger partial charge on any atom is 0.133 e. The molecule has 0 aromatic carbocycles. The van der Waals surface area contributed by atoms with Gasteiger partial charge < -0.3 is 16.2 Å². The summed E-state index contributed by atoms with van der Waals surface area (Å²) in [5.41, 5.74) is 5.00. The van der Waals surface area contributed by atoms with Crippen molar-refractivity contribution in [2.24, 2.45) is 5.73 Å². The lowest BCUT2D eigenvalue weighted by Crippen LogP contribution is -2.09. The van der Waals surface area contributed by atoms with E-state index in [1.165, 1.54) is 0 Å². The van der Waals surface area contributed by atoms with E-state index in [-0.39, 0.29) is 0 Å². The van der Waals surface area contributed by atoms with E-state index in [0.717, 1.165) is 0 Å². The molecule has 0 bridgehead atoms. The van der Waals surface area contributed by atoms with Gasteiger partial charge in [0.25, 0.3) is 0 Å². The van der Waals surface area contributed by atoms with Crippen LogP contribution in [0.4, 0.5) is 0 Å². The van der Waals surface area contributed by atoms with Crippen LogP contribution >= 0.6 is 11.6 Å². The van der Waals surface area contributed by atoms with Crippen LogP contribution in [0.25, 0.3) is 0 Å². The van der Waals surface area contributed by atoms with Crippen LogP contribution in [0.15, 0.2) is 11.9 Å². The number of alkyl halides is 1. The third-order valence-electron chi connectivity index (χ3n) is 0.734. The molecule has 0 aliphatic rings. The number of nitrogens with one attached hydrogen (secondary N) is 1. The SMILES string of the molecule is CN/C=C(/N)CC(O)Cl. The number of nitrogens with two attached hydrogens (primary N) is 1. The van der Waals surface area contributed by atoms with Gasteiger partial charge in [0, 0.05) is 25.4 Å². The summed E-state index contributed by atoms with van der Waals surface area (Å²) in [4.78, 5) is 0. The zero-order valence-electron chi connectivity index (χ0n) is 5.26. The van der Waals surface area contributed by atoms with Gasteiger partial charge in [-0.3, -0.25) is 0 Å². The average Bonchev–Trinajstić information content (AvgIpc) is 1.63. The summed E-state index contributed by atoms with van der Waals surface area (Å²) in [6.07, 6.45) is 1.88. The third-order valence-corrected chi connectivity index (χ3v) is 0.888. The van der Waals surface area contributed by atoms with Gasteiger partial charge in [0.2, 0.25) is 0 Å². The van der Waals surface area contributed by atoms with Crippen LogP contribution in [0.1, 0.15) is 6.42 Å². The Kier molecular flexibility index (Phi) is 4.26. The van der Waals surface area contributed by atoms with E-state index in [1.54, 1.807) is 13.2 Å². The van der Waals surface area contributed by atoms with Gasteiger partial charge in [-0.05, 0) is 0 Å².